The smallest absolute Gasteiger partial charge is 0.221 e. The summed E-state index contributed by atoms with van der Waals surface area (Å²) in [6.07, 6.45) is -0.0233. The third-order valence-electron chi connectivity index (χ3n) is 5.14. The van der Waals surface area contributed by atoms with Gasteiger partial charge in [0.05, 0.1) is 6.10 Å². The molecule has 27 heavy (non-hydrogen) atoms. The van der Waals surface area contributed by atoms with Gasteiger partial charge in [0, 0.05) is 23.7 Å². The van der Waals surface area contributed by atoms with Gasteiger partial charge in [-0.1, -0.05) is 30.3 Å². The van der Waals surface area contributed by atoms with Crippen LogP contribution in [0.3, 0.4) is 0 Å². The van der Waals surface area contributed by atoms with Crippen molar-refractivity contribution >= 4 is 10.0 Å². The number of rotatable bonds is 4. The lowest BCUT2D eigenvalue weighted by molar-refractivity contribution is 0.193. The minimum Gasteiger partial charge on any atom is -0.389 e. The highest BCUT2D eigenvalue weighted by Crippen LogP contribution is 2.38. The number of hydrogen-bond donors (Lipinski definition) is 1. The highest BCUT2D eigenvalue weighted by atomic mass is 32.2. The van der Waals surface area contributed by atoms with Crippen LogP contribution in [0.25, 0.3) is 0 Å². The lowest BCUT2D eigenvalue weighted by Gasteiger charge is -2.37. The normalized spacial score (nSPS) is 23.9. The minimum absolute atomic E-state index is 0.0407. The second-order valence-electron chi connectivity index (χ2n) is 7.06. The van der Waals surface area contributed by atoms with E-state index in [2.05, 4.69) is 0 Å². The summed E-state index contributed by atoms with van der Waals surface area (Å²) in [5.41, 5.74) is 0.513. The van der Waals surface area contributed by atoms with Crippen LogP contribution in [0.1, 0.15) is 54.7 Å². The Morgan fingerprint density at radius 1 is 1.15 bits per heavy atom. The molecule has 1 aliphatic rings. The average Bonchev–Trinajstić information content (AvgIpc) is 2.61. The van der Waals surface area contributed by atoms with Gasteiger partial charge < -0.3 is 5.11 Å². The maximum Gasteiger partial charge on any atom is 0.221 e. The summed E-state index contributed by atoms with van der Waals surface area (Å²) in [5, 5.41) is 8.82. The van der Waals surface area contributed by atoms with Crippen molar-refractivity contribution in [1.29, 1.82) is 0 Å². The van der Waals surface area contributed by atoms with E-state index < -0.39 is 33.0 Å². The van der Waals surface area contributed by atoms with Crippen LogP contribution in [0.4, 0.5) is 8.78 Å². The van der Waals surface area contributed by atoms with Crippen molar-refractivity contribution < 1.29 is 22.3 Å². The SMILES string of the molecule is CC(O)c1cc(F)c(CN2[C@@H](C)CC[C@H](c3ccccc3)S2(=O)=O)cc1F. The number of sulfonamides is 1. The summed E-state index contributed by atoms with van der Waals surface area (Å²) in [7, 11) is -3.73. The van der Waals surface area contributed by atoms with E-state index in [1.807, 2.05) is 6.07 Å². The quantitative estimate of drug-likeness (QED) is 0.849. The molecule has 0 amide bonds. The first-order valence-electron chi connectivity index (χ1n) is 8.93. The molecule has 1 saturated heterocycles. The second kappa shape index (κ2) is 7.66. The number of aliphatic hydroxyl groups excluding tert-OH is 1. The predicted molar refractivity (Wildman–Crippen MR) is 99.3 cm³/mol. The van der Waals surface area contributed by atoms with E-state index in [0.717, 1.165) is 12.1 Å². The molecule has 0 radical (unpaired) electrons. The van der Waals surface area contributed by atoms with Crippen LogP contribution >= 0.6 is 0 Å². The fraction of sp³-hybridized carbons (Fsp3) is 0.400. The standard InChI is InChI=1S/C20H23F2NO3S/c1-13-8-9-20(15-6-4-3-5-7-15)27(25,26)23(13)12-16-10-19(22)17(14(2)24)11-18(16)21/h3-7,10-11,13-14,20,24H,8-9,12H2,1-2H3/t13-,14?,20+/m0/s1. The van der Waals surface area contributed by atoms with Gasteiger partial charge in [-0.15, -0.1) is 0 Å². The maximum atomic E-state index is 14.4. The first-order valence-corrected chi connectivity index (χ1v) is 10.4. The molecular formula is C20H23F2NO3S. The van der Waals surface area contributed by atoms with Gasteiger partial charge in [0.15, 0.2) is 0 Å². The number of hydrogen-bond acceptors (Lipinski definition) is 3. The van der Waals surface area contributed by atoms with Gasteiger partial charge in [0.1, 0.15) is 16.9 Å². The van der Waals surface area contributed by atoms with Crippen molar-refractivity contribution in [1.82, 2.24) is 4.31 Å². The van der Waals surface area contributed by atoms with Crippen LogP contribution in [0.2, 0.25) is 0 Å². The van der Waals surface area contributed by atoms with Crippen LogP contribution in [-0.4, -0.2) is 23.9 Å². The van der Waals surface area contributed by atoms with Crippen LogP contribution in [-0.2, 0) is 16.6 Å². The van der Waals surface area contributed by atoms with Crippen LogP contribution in [0.5, 0.6) is 0 Å². The molecule has 146 valence electrons. The Morgan fingerprint density at radius 3 is 2.44 bits per heavy atom. The van der Waals surface area contributed by atoms with E-state index in [0.29, 0.717) is 18.4 Å². The number of aliphatic hydroxyl groups is 1. The zero-order valence-corrected chi connectivity index (χ0v) is 16.1. The molecule has 1 N–H and O–H groups in total. The van der Waals surface area contributed by atoms with E-state index in [-0.39, 0.29) is 23.7 Å². The van der Waals surface area contributed by atoms with E-state index in [1.54, 1.807) is 31.2 Å². The summed E-state index contributed by atoms with van der Waals surface area (Å²) >= 11 is 0. The Balaban J connectivity index is 1.95. The van der Waals surface area contributed by atoms with Crippen molar-refractivity contribution in [2.75, 3.05) is 0 Å². The van der Waals surface area contributed by atoms with Crippen molar-refractivity contribution in [2.45, 2.75) is 50.6 Å². The lowest BCUT2D eigenvalue weighted by Crippen LogP contribution is -2.44. The molecule has 4 nitrogen and oxygen atoms in total. The molecule has 3 rings (SSSR count). The molecule has 1 fully saturated rings. The van der Waals surface area contributed by atoms with Crippen LogP contribution in [0.15, 0.2) is 42.5 Å². The molecular weight excluding hydrogens is 372 g/mol. The number of halogens is 2. The molecule has 2 aromatic carbocycles. The fourth-order valence-electron chi connectivity index (χ4n) is 3.56. The minimum atomic E-state index is -3.73. The highest BCUT2D eigenvalue weighted by Gasteiger charge is 2.40. The van der Waals surface area contributed by atoms with E-state index in [9.17, 15) is 22.3 Å². The van der Waals surface area contributed by atoms with Crippen LogP contribution < -0.4 is 0 Å². The molecule has 2 aromatic rings. The zero-order chi connectivity index (χ0) is 19.8. The fourth-order valence-corrected chi connectivity index (χ4v) is 5.75. The molecule has 1 aliphatic heterocycles. The zero-order valence-electron chi connectivity index (χ0n) is 15.3. The molecule has 0 spiro atoms. The molecule has 3 atom stereocenters. The van der Waals surface area contributed by atoms with E-state index >= 15 is 0 Å². The topological polar surface area (TPSA) is 57.6 Å². The third kappa shape index (κ3) is 3.90. The third-order valence-corrected chi connectivity index (χ3v) is 7.51. The van der Waals surface area contributed by atoms with Gasteiger partial charge in [-0.3, -0.25) is 0 Å². The molecule has 0 aromatic heterocycles. The van der Waals surface area contributed by atoms with Gasteiger partial charge in [-0.25, -0.2) is 17.2 Å². The summed E-state index contributed by atoms with van der Waals surface area (Å²) in [5.74, 6) is -1.47. The Labute approximate surface area is 158 Å². The summed E-state index contributed by atoms with van der Waals surface area (Å²) in [4.78, 5) is 0. The first kappa shape index (κ1) is 19.9. The van der Waals surface area contributed by atoms with E-state index in [4.69, 9.17) is 0 Å². The Bertz CT molecular complexity index is 916. The molecule has 0 bridgehead atoms. The number of benzene rings is 2. The maximum absolute atomic E-state index is 14.4. The van der Waals surface area contributed by atoms with E-state index in [1.165, 1.54) is 11.2 Å². The van der Waals surface area contributed by atoms with Crippen molar-refractivity contribution in [3.05, 3.63) is 70.8 Å². The van der Waals surface area contributed by atoms with Gasteiger partial charge in [-0.05, 0) is 44.4 Å². The largest absolute Gasteiger partial charge is 0.389 e. The van der Waals surface area contributed by atoms with Gasteiger partial charge in [-0.2, -0.15) is 4.31 Å². The highest BCUT2D eigenvalue weighted by molar-refractivity contribution is 7.89. The Hall–Kier alpha value is -1.83. The Kier molecular flexibility index (Phi) is 5.65. The first-order chi connectivity index (χ1) is 12.7. The molecule has 1 unspecified atom stereocenters. The average molecular weight is 395 g/mol. The summed E-state index contributed by atoms with van der Waals surface area (Å²) in [6, 6.07) is 10.5. The molecule has 0 aliphatic carbocycles. The van der Waals surface area contributed by atoms with Gasteiger partial charge in [0.2, 0.25) is 10.0 Å². The van der Waals surface area contributed by atoms with Crippen molar-refractivity contribution in [2.24, 2.45) is 0 Å². The van der Waals surface area contributed by atoms with Crippen molar-refractivity contribution in [3.8, 4) is 0 Å². The predicted octanol–water partition coefficient (Wildman–Crippen LogP) is 4.07. The second-order valence-corrected chi connectivity index (χ2v) is 9.12. The lowest BCUT2D eigenvalue weighted by atomic mass is 10.0. The Morgan fingerprint density at radius 2 is 1.81 bits per heavy atom. The van der Waals surface area contributed by atoms with Gasteiger partial charge in [0.25, 0.3) is 0 Å². The summed E-state index contributed by atoms with van der Waals surface area (Å²) in [6.45, 7) is 2.88. The molecule has 7 heteroatoms. The number of nitrogens with zero attached hydrogens (tertiary/aromatic N) is 1. The van der Waals surface area contributed by atoms with Gasteiger partial charge >= 0.3 is 0 Å². The van der Waals surface area contributed by atoms with Crippen molar-refractivity contribution in [3.63, 3.8) is 0 Å². The molecule has 0 saturated carbocycles. The van der Waals surface area contributed by atoms with Crippen LogP contribution in [0, 0.1) is 11.6 Å². The summed E-state index contributed by atoms with van der Waals surface area (Å²) < 4.78 is 56.2. The monoisotopic (exact) mass is 395 g/mol. The molecule has 1 heterocycles.